The monoisotopic (exact) mass is 422 g/mol. The molecule has 0 aliphatic heterocycles. The molecule has 0 bridgehead atoms. The highest BCUT2D eigenvalue weighted by atomic mass is 32.2. The van der Waals surface area contributed by atoms with Crippen molar-refractivity contribution < 1.29 is 9.59 Å². The van der Waals surface area contributed by atoms with E-state index in [1.807, 2.05) is 54.0 Å². The van der Waals surface area contributed by atoms with Gasteiger partial charge in [0.1, 0.15) is 5.82 Å². The van der Waals surface area contributed by atoms with Crippen LogP contribution in [-0.4, -0.2) is 38.8 Å². The van der Waals surface area contributed by atoms with Gasteiger partial charge in [0.2, 0.25) is 5.91 Å². The number of hydrogen-bond donors (Lipinski definition) is 1. The summed E-state index contributed by atoms with van der Waals surface area (Å²) in [5, 5.41) is 12.1. The summed E-state index contributed by atoms with van der Waals surface area (Å²) < 4.78 is 1.97. The number of thioether (sulfide) groups is 1. The van der Waals surface area contributed by atoms with Crippen molar-refractivity contribution in [1.29, 1.82) is 0 Å². The van der Waals surface area contributed by atoms with Crippen molar-refractivity contribution in [2.45, 2.75) is 38.8 Å². The molecular weight excluding hydrogens is 396 g/mol. The van der Waals surface area contributed by atoms with E-state index in [1.54, 1.807) is 0 Å². The summed E-state index contributed by atoms with van der Waals surface area (Å²) in [6, 6.07) is 15.8. The zero-order chi connectivity index (χ0) is 21.5. The van der Waals surface area contributed by atoms with Crippen LogP contribution in [0.15, 0.2) is 53.7 Å². The number of benzene rings is 2. The summed E-state index contributed by atoms with van der Waals surface area (Å²) >= 11 is 1.37. The Morgan fingerprint density at radius 1 is 1.10 bits per heavy atom. The number of ketones is 1. The second kappa shape index (κ2) is 10.2. The number of aryl methyl sites for hydroxylation is 2. The molecule has 3 rings (SSSR count). The Balaban J connectivity index is 1.79. The Bertz CT molecular complexity index is 1030. The van der Waals surface area contributed by atoms with Crippen LogP contribution in [0.25, 0.3) is 5.69 Å². The predicted octanol–water partition coefficient (Wildman–Crippen LogP) is 3.79. The molecule has 0 aliphatic rings. The largest absolute Gasteiger partial charge is 0.356 e. The average molecular weight is 423 g/mol. The van der Waals surface area contributed by atoms with E-state index in [9.17, 15) is 9.59 Å². The highest BCUT2D eigenvalue weighted by Crippen LogP contribution is 2.24. The van der Waals surface area contributed by atoms with Gasteiger partial charge in [0.25, 0.3) is 0 Å². The summed E-state index contributed by atoms with van der Waals surface area (Å²) in [5.41, 5.74) is 3.98. The van der Waals surface area contributed by atoms with E-state index in [1.165, 1.54) is 24.2 Å². The molecule has 1 N–H and O–H groups in total. The first-order valence-corrected chi connectivity index (χ1v) is 11.0. The van der Waals surface area contributed by atoms with Crippen molar-refractivity contribution in [3.63, 3.8) is 0 Å². The van der Waals surface area contributed by atoms with Crippen LogP contribution in [0.1, 0.15) is 41.2 Å². The van der Waals surface area contributed by atoms with Crippen LogP contribution in [0.2, 0.25) is 0 Å². The number of carbonyl (C=O) groups excluding carboxylic acids is 2. The van der Waals surface area contributed by atoms with Crippen molar-refractivity contribution in [1.82, 2.24) is 20.1 Å². The molecule has 7 heteroatoms. The van der Waals surface area contributed by atoms with Crippen LogP contribution >= 0.6 is 11.8 Å². The van der Waals surface area contributed by atoms with Gasteiger partial charge in [-0.25, -0.2) is 0 Å². The molecule has 0 radical (unpaired) electrons. The third-order valence-electron chi connectivity index (χ3n) is 4.70. The van der Waals surface area contributed by atoms with Crippen LogP contribution < -0.4 is 5.32 Å². The minimum absolute atomic E-state index is 0.0567. The third-order valence-corrected chi connectivity index (χ3v) is 5.63. The predicted molar refractivity (Wildman–Crippen MR) is 119 cm³/mol. The number of nitrogens with zero attached hydrogens (tertiary/aromatic N) is 3. The molecule has 0 fully saturated rings. The fraction of sp³-hybridized carbons (Fsp3) is 0.304. The van der Waals surface area contributed by atoms with E-state index >= 15 is 0 Å². The molecular formula is C23H26N4O2S. The lowest BCUT2D eigenvalue weighted by Crippen LogP contribution is -2.23. The minimum atomic E-state index is -0.0779. The number of rotatable bonds is 9. The second-order valence-electron chi connectivity index (χ2n) is 7.07. The first kappa shape index (κ1) is 21.8. The maximum Gasteiger partial charge on any atom is 0.216 e. The fourth-order valence-corrected chi connectivity index (χ4v) is 3.94. The molecule has 1 aromatic heterocycles. The zero-order valence-corrected chi connectivity index (χ0v) is 18.3. The lowest BCUT2D eigenvalue weighted by molar-refractivity contribution is -0.118. The Hall–Kier alpha value is -2.93. The van der Waals surface area contributed by atoms with Crippen molar-refractivity contribution >= 4 is 23.5 Å². The Labute approximate surface area is 181 Å². The molecule has 3 aromatic rings. The molecule has 30 heavy (non-hydrogen) atoms. The highest BCUT2D eigenvalue weighted by Gasteiger charge is 2.16. The number of nitrogens with one attached hydrogen (secondary N) is 1. The average Bonchev–Trinajstić information content (AvgIpc) is 3.14. The van der Waals surface area contributed by atoms with Gasteiger partial charge < -0.3 is 5.32 Å². The smallest absolute Gasteiger partial charge is 0.216 e. The van der Waals surface area contributed by atoms with Gasteiger partial charge in [-0.1, -0.05) is 55.1 Å². The van der Waals surface area contributed by atoms with Crippen molar-refractivity contribution in [3.05, 3.63) is 71.0 Å². The lowest BCUT2D eigenvalue weighted by Gasteiger charge is -2.11. The van der Waals surface area contributed by atoms with Crippen molar-refractivity contribution in [3.8, 4) is 5.69 Å². The van der Waals surface area contributed by atoms with E-state index in [0.29, 0.717) is 23.7 Å². The molecule has 156 valence electrons. The number of carbonyl (C=O) groups is 2. The standard InChI is InChI=1S/C23H26N4O2S/c1-4-18-8-10-19(11-9-18)21(29)15-30-23-26-25-22(12-13-24-17(3)28)27(23)20-7-5-6-16(2)14-20/h5-11,14H,4,12-13,15H2,1-3H3,(H,24,28). The van der Waals surface area contributed by atoms with Gasteiger partial charge in [-0.05, 0) is 36.6 Å². The molecule has 0 saturated carbocycles. The van der Waals surface area contributed by atoms with Gasteiger partial charge >= 0.3 is 0 Å². The molecule has 0 saturated heterocycles. The maximum absolute atomic E-state index is 12.6. The van der Waals surface area contributed by atoms with Crippen LogP contribution in [0.5, 0.6) is 0 Å². The van der Waals surface area contributed by atoms with Crippen molar-refractivity contribution in [2.75, 3.05) is 12.3 Å². The molecule has 6 nitrogen and oxygen atoms in total. The Morgan fingerprint density at radius 2 is 1.87 bits per heavy atom. The van der Waals surface area contributed by atoms with E-state index < -0.39 is 0 Å². The normalized spacial score (nSPS) is 10.8. The molecule has 0 spiro atoms. The molecule has 0 aliphatic carbocycles. The van der Waals surface area contributed by atoms with Crippen LogP contribution in [0.3, 0.4) is 0 Å². The second-order valence-corrected chi connectivity index (χ2v) is 8.01. The maximum atomic E-state index is 12.6. The summed E-state index contributed by atoms with van der Waals surface area (Å²) in [4.78, 5) is 23.8. The molecule has 0 unspecified atom stereocenters. The molecule has 2 aromatic carbocycles. The quantitative estimate of drug-likeness (QED) is 0.419. The van der Waals surface area contributed by atoms with Gasteiger partial charge in [0, 0.05) is 31.1 Å². The third kappa shape index (κ3) is 5.57. The first-order chi connectivity index (χ1) is 14.5. The summed E-state index contributed by atoms with van der Waals surface area (Å²) in [5.74, 6) is 1.00. The Morgan fingerprint density at radius 3 is 2.53 bits per heavy atom. The van der Waals surface area contributed by atoms with Gasteiger partial charge in [0.05, 0.1) is 5.75 Å². The van der Waals surface area contributed by atoms with E-state index in [4.69, 9.17) is 0 Å². The number of hydrogen-bond acceptors (Lipinski definition) is 5. The van der Waals surface area contributed by atoms with Gasteiger partial charge in [0.15, 0.2) is 10.9 Å². The van der Waals surface area contributed by atoms with Crippen molar-refractivity contribution in [2.24, 2.45) is 0 Å². The fourth-order valence-electron chi connectivity index (χ4n) is 3.07. The zero-order valence-electron chi connectivity index (χ0n) is 17.5. The molecule has 1 amide bonds. The van der Waals surface area contributed by atoms with E-state index in [-0.39, 0.29) is 17.4 Å². The number of Topliss-reactive ketones (excluding diaryl/α,β-unsaturated/α-hetero) is 1. The molecule has 0 atom stereocenters. The highest BCUT2D eigenvalue weighted by molar-refractivity contribution is 7.99. The first-order valence-electron chi connectivity index (χ1n) is 9.98. The van der Waals surface area contributed by atoms with Gasteiger partial charge in [-0.15, -0.1) is 10.2 Å². The minimum Gasteiger partial charge on any atom is -0.356 e. The summed E-state index contributed by atoms with van der Waals surface area (Å²) in [6.07, 6.45) is 1.50. The van der Waals surface area contributed by atoms with Crippen LogP contribution in [0.4, 0.5) is 0 Å². The van der Waals surface area contributed by atoms with E-state index in [2.05, 4.69) is 28.5 Å². The number of aromatic nitrogens is 3. The van der Waals surface area contributed by atoms with Crippen LogP contribution in [-0.2, 0) is 17.6 Å². The Kier molecular flexibility index (Phi) is 7.41. The molecule has 1 heterocycles. The summed E-state index contributed by atoms with van der Waals surface area (Å²) in [6.45, 7) is 6.09. The topological polar surface area (TPSA) is 76.9 Å². The number of amides is 1. The lowest BCUT2D eigenvalue weighted by atomic mass is 10.1. The van der Waals surface area contributed by atoms with Crippen LogP contribution in [0, 0.1) is 6.92 Å². The van der Waals surface area contributed by atoms with E-state index in [0.717, 1.165) is 23.5 Å². The SMILES string of the molecule is CCc1ccc(C(=O)CSc2nnc(CCNC(C)=O)n2-c2cccc(C)c2)cc1. The van der Waals surface area contributed by atoms with Gasteiger partial charge in [-0.2, -0.15) is 0 Å². The summed E-state index contributed by atoms with van der Waals surface area (Å²) in [7, 11) is 0. The van der Waals surface area contributed by atoms with Gasteiger partial charge in [-0.3, -0.25) is 14.2 Å².